The van der Waals surface area contributed by atoms with Crippen LogP contribution in [0.1, 0.15) is 74.8 Å². The van der Waals surface area contributed by atoms with Gasteiger partial charge in [0.15, 0.2) is 0 Å². The van der Waals surface area contributed by atoms with Crippen molar-refractivity contribution in [3.05, 3.63) is 52.2 Å². The maximum Gasteiger partial charge on any atom is 0.227 e. The van der Waals surface area contributed by atoms with Crippen LogP contribution in [0.15, 0.2) is 36.4 Å². The Hall–Kier alpha value is -0.546. The van der Waals surface area contributed by atoms with Crippen LogP contribution in [0.2, 0.25) is 0 Å². The molecule has 3 nitrogen and oxygen atoms in total. The Balaban J connectivity index is 0.00000280. The van der Waals surface area contributed by atoms with Crippen molar-refractivity contribution < 1.29 is 42.6 Å². The second kappa shape index (κ2) is 12.2. The number of hydrogen-bond donors (Lipinski definition) is 1. The van der Waals surface area contributed by atoms with Crippen molar-refractivity contribution >= 4 is 22.9 Å². The van der Waals surface area contributed by atoms with Gasteiger partial charge in [0.25, 0.3) is 0 Å². The summed E-state index contributed by atoms with van der Waals surface area (Å²) in [5.74, 6) is 0.223. The predicted octanol–water partition coefficient (Wildman–Crippen LogP) is 5.68. The van der Waals surface area contributed by atoms with Crippen LogP contribution in [0.4, 0.5) is 5.69 Å². The van der Waals surface area contributed by atoms with Crippen LogP contribution < -0.4 is 4.90 Å². The maximum absolute atomic E-state index is 12.4. The average Bonchev–Trinajstić information content (AvgIpc) is 3.32. The molecule has 0 bridgehead atoms. The molecule has 0 spiro atoms. The third-order valence-electron chi connectivity index (χ3n) is 5.45. The van der Waals surface area contributed by atoms with Crippen LogP contribution in [-0.4, -0.2) is 17.1 Å². The van der Waals surface area contributed by atoms with E-state index in [4.69, 9.17) is 0 Å². The molecule has 0 aliphatic carbocycles. The maximum atomic E-state index is 12.4. The van der Waals surface area contributed by atoms with Crippen molar-refractivity contribution in [2.24, 2.45) is 0 Å². The van der Waals surface area contributed by atoms with Gasteiger partial charge in [0.2, 0.25) is 5.91 Å². The molecule has 5 heteroatoms. The first kappa shape index (κ1) is 23.7. The number of carbonyl (C=O) groups excluding carboxylic acids is 1. The molecular weight excluding hydrogens is 443 g/mol. The smallest absolute Gasteiger partial charge is 0.227 e. The van der Waals surface area contributed by atoms with E-state index in [0.717, 1.165) is 62.6 Å². The molecule has 1 radical (unpaired) electrons. The average molecular weight is 473 g/mol. The molecule has 28 heavy (non-hydrogen) atoms. The first-order chi connectivity index (χ1) is 13.2. The van der Waals surface area contributed by atoms with Crippen LogP contribution in [0, 0.1) is 5.38 Å². The second-order valence-electron chi connectivity index (χ2n) is 7.47. The van der Waals surface area contributed by atoms with Gasteiger partial charge in [-0.15, -0.1) is 10.3 Å². The van der Waals surface area contributed by atoms with Gasteiger partial charge >= 0.3 is 0 Å². The Bertz CT molecular complexity index is 702. The molecule has 1 unspecified atom stereocenters. The number of rotatable bonds is 10. The zero-order valence-corrected chi connectivity index (χ0v) is 20.4. The third-order valence-corrected chi connectivity index (χ3v) is 6.31. The Kier molecular flexibility index (Phi) is 10.4. The van der Waals surface area contributed by atoms with Gasteiger partial charge in [-0.05, 0) is 37.0 Å². The predicted molar refractivity (Wildman–Crippen MR) is 112 cm³/mol. The number of amides is 1. The van der Waals surface area contributed by atoms with Crippen LogP contribution in [0.25, 0.3) is 0 Å². The zero-order valence-electron chi connectivity index (χ0n) is 16.8. The van der Waals surface area contributed by atoms with Crippen molar-refractivity contribution in [1.29, 1.82) is 0 Å². The van der Waals surface area contributed by atoms with Crippen LogP contribution >= 0.6 is 11.3 Å². The van der Waals surface area contributed by atoms with Crippen molar-refractivity contribution in [3.63, 3.8) is 0 Å². The fourth-order valence-electron chi connectivity index (χ4n) is 3.90. The van der Waals surface area contributed by atoms with Gasteiger partial charge in [0.05, 0.1) is 6.10 Å². The van der Waals surface area contributed by atoms with Crippen molar-refractivity contribution in [1.82, 2.24) is 0 Å². The van der Waals surface area contributed by atoms with Crippen molar-refractivity contribution in [3.8, 4) is 0 Å². The Morgan fingerprint density at radius 3 is 2.68 bits per heavy atom. The monoisotopic (exact) mass is 473 g/mol. The zero-order chi connectivity index (χ0) is 19.1. The van der Waals surface area contributed by atoms with E-state index in [1.807, 2.05) is 35.2 Å². The first-order valence-electron chi connectivity index (χ1n) is 10.2. The molecule has 0 saturated carbocycles. The number of hydrogen-bond acceptors (Lipinski definition) is 3. The number of benzene rings is 1. The molecule has 2 aromatic rings. The molecule has 149 valence electrons. The normalized spacial score (nSPS) is 17.6. The summed E-state index contributed by atoms with van der Waals surface area (Å²) in [6, 6.07) is 12.4. The number of aliphatic hydroxyl groups excluding tert-OH is 1. The summed E-state index contributed by atoms with van der Waals surface area (Å²) in [5, 5.41) is 13.5. The van der Waals surface area contributed by atoms with E-state index in [0.29, 0.717) is 12.5 Å². The molecule has 1 saturated heterocycles. The molecule has 3 rings (SSSR count). The van der Waals surface area contributed by atoms with Crippen molar-refractivity contribution in [2.75, 3.05) is 4.90 Å². The van der Waals surface area contributed by atoms with E-state index in [1.165, 1.54) is 4.88 Å². The Morgan fingerprint density at radius 2 is 2.00 bits per heavy atom. The molecule has 2 heterocycles. The minimum atomic E-state index is -0.404. The van der Waals surface area contributed by atoms with Gasteiger partial charge in [-0.25, -0.2) is 6.07 Å². The topological polar surface area (TPSA) is 40.5 Å². The molecule has 1 fully saturated rings. The summed E-state index contributed by atoms with van der Waals surface area (Å²) >= 11 is 1.69. The summed E-state index contributed by atoms with van der Waals surface area (Å²) in [5.41, 5.74) is 1.92. The van der Waals surface area contributed by atoms with Gasteiger partial charge in [-0.2, -0.15) is 6.07 Å². The van der Waals surface area contributed by atoms with Crippen molar-refractivity contribution in [2.45, 2.75) is 76.9 Å². The van der Waals surface area contributed by atoms with E-state index in [1.54, 1.807) is 11.3 Å². The number of nitrogens with zero attached hydrogens (tertiary/aromatic N) is 1. The minimum absolute atomic E-state index is 0. The molecule has 1 aliphatic heterocycles. The van der Waals surface area contributed by atoms with Crippen LogP contribution in [-0.2, 0) is 43.9 Å². The second-order valence-corrected chi connectivity index (χ2v) is 8.44. The largest absolute Gasteiger partial charge is 0.388 e. The summed E-state index contributed by atoms with van der Waals surface area (Å²) in [7, 11) is 0. The Morgan fingerprint density at radius 1 is 1.21 bits per heavy atom. The number of unbranched alkanes of at least 4 members (excludes halogenated alkanes) is 2. The van der Waals surface area contributed by atoms with E-state index >= 15 is 0 Å². The first-order valence-corrected chi connectivity index (χ1v) is 11.1. The number of aliphatic hydroxyl groups is 1. The van der Waals surface area contributed by atoms with Gasteiger partial charge in [-0.1, -0.05) is 51.2 Å². The molecule has 1 aromatic carbocycles. The van der Waals surface area contributed by atoms with E-state index in [-0.39, 0.29) is 38.6 Å². The molecule has 1 amide bonds. The summed E-state index contributed by atoms with van der Waals surface area (Å²) in [6.07, 6.45) is 8.54. The summed E-state index contributed by atoms with van der Waals surface area (Å²) in [6.45, 7) is 2.17. The van der Waals surface area contributed by atoms with Gasteiger partial charge in [0.1, 0.15) is 0 Å². The van der Waals surface area contributed by atoms with Gasteiger partial charge < -0.3 is 21.3 Å². The van der Waals surface area contributed by atoms with Gasteiger partial charge in [0, 0.05) is 50.9 Å². The summed E-state index contributed by atoms with van der Waals surface area (Å²) < 4.78 is 0. The third kappa shape index (κ3) is 6.48. The SMILES string of the molecule is CCCCCC(O)c1ccc(N2C(=O)CC[C@@H]2CCCc2cc[c-]s2)cc1.[Y]. The fourth-order valence-corrected chi connectivity index (χ4v) is 4.57. The molecule has 1 N–H and O–H groups in total. The van der Waals surface area contributed by atoms with E-state index < -0.39 is 6.10 Å². The molecule has 1 aliphatic rings. The molecule has 1 aromatic heterocycles. The molecular formula is C23H30NO2SY-. The number of carbonyl (C=O) groups is 1. The van der Waals surface area contributed by atoms with Gasteiger partial charge in [-0.3, -0.25) is 4.79 Å². The minimum Gasteiger partial charge on any atom is -0.388 e. The summed E-state index contributed by atoms with van der Waals surface area (Å²) in [4.78, 5) is 15.8. The molecule has 2 atom stereocenters. The van der Waals surface area contributed by atoms with E-state index in [9.17, 15) is 9.90 Å². The van der Waals surface area contributed by atoms with Crippen LogP contribution in [0.3, 0.4) is 0 Å². The van der Waals surface area contributed by atoms with Crippen LogP contribution in [0.5, 0.6) is 0 Å². The number of anilines is 1. The Labute approximate surface area is 198 Å². The standard InChI is InChI=1S/C23H30NO2S.Y/c1-2-3-4-10-22(25)18-11-13-20(14-12-18)24-19(15-16-23(24)26)7-5-8-21-9-6-17-27-21;/h6,9,11-14,19,22,25H,2-5,7-8,10,15-16H2,1H3;/q-1;/t19-,22?;/m0./s1. The number of thiophene rings is 1. The number of aryl methyl sites for hydroxylation is 1. The quantitative estimate of drug-likeness (QED) is 0.357. The van der Waals surface area contributed by atoms with E-state index in [2.05, 4.69) is 18.4 Å². The fraction of sp³-hybridized carbons (Fsp3) is 0.522.